The zero-order valence-electron chi connectivity index (χ0n) is 37.7. The van der Waals surface area contributed by atoms with Crippen molar-refractivity contribution in [2.45, 2.75) is 76.1 Å². The first-order valence-corrected chi connectivity index (χ1v) is 24.5. The van der Waals surface area contributed by atoms with Crippen molar-refractivity contribution in [2.24, 2.45) is 5.73 Å². The van der Waals surface area contributed by atoms with Gasteiger partial charge in [-0.05, 0) is 98.5 Å². The molecule has 4 atom stereocenters. The fourth-order valence-corrected chi connectivity index (χ4v) is 9.51. The summed E-state index contributed by atoms with van der Waals surface area (Å²) in [5.74, 6) is -0.802. The van der Waals surface area contributed by atoms with Crippen LogP contribution in [-0.4, -0.2) is 109 Å². The summed E-state index contributed by atoms with van der Waals surface area (Å²) in [6.07, 6.45) is -7.01. The summed E-state index contributed by atoms with van der Waals surface area (Å²) >= 11 is 27.7. The molecule has 0 radical (unpaired) electrons. The number of benzene rings is 4. The smallest absolute Gasteiger partial charge is 0.367 e. The van der Waals surface area contributed by atoms with Crippen molar-refractivity contribution in [3.05, 3.63) is 126 Å². The van der Waals surface area contributed by atoms with Crippen molar-refractivity contribution >= 4 is 104 Å². The Hall–Kier alpha value is -4.59. The number of carbonyl (C=O) groups is 5. The van der Waals surface area contributed by atoms with Crippen LogP contribution < -0.4 is 20.9 Å². The molecular weight excluding hydrogens is 1080 g/mol. The standard InChI is InChI=1S/C26H27BrCl2F3N3O3.C22H22Cl2F3N3O2/c1-16-14-34(23-7-5-19(26(30,31)32)11-18(23)15-36)9-10-35(16)25(38)22(33-24(37)3-2-8-27)12-17-4-6-20(28)13-21(17)29;1-13-11-29(20-5-3-16(22(25,26)27)8-15(20)12-31)6-7-30(13)21(32)19(28)9-14-2-4-17(23)10-18(14)24/h4-7,11,13,15-16,22H,2-3,8-10,12,14H2,1H3,(H,33,37);2-5,8,10,12-13,19H,6-7,9,11,28H2,1H3/t16?,22-;13?,19-/m11/s1. The van der Waals surface area contributed by atoms with Crippen LogP contribution in [0.3, 0.4) is 0 Å². The van der Waals surface area contributed by atoms with E-state index in [-0.39, 0.29) is 66.7 Å². The molecule has 0 bridgehead atoms. The lowest BCUT2D eigenvalue weighted by Gasteiger charge is -2.42. The second-order valence-corrected chi connectivity index (χ2v) is 19.3. The SMILES string of the molecule is CC1CN(c2ccc(C(F)(F)F)cc2C=O)CCN1C(=O)[C@@H](Cc1ccc(Cl)cc1Cl)NC(=O)CCCBr.CC1CN(c2ccc(C(F)(F)F)cc2C=O)CCN1C(=O)[C@H](N)Cc1ccc(Cl)cc1Cl. The van der Waals surface area contributed by atoms with Gasteiger partial charge in [-0.25, -0.2) is 0 Å². The fourth-order valence-electron chi connectivity index (χ4n) is 8.26. The van der Waals surface area contributed by atoms with Gasteiger partial charge in [0.05, 0.1) is 17.2 Å². The van der Waals surface area contributed by atoms with Gasteiger partial charge in [0.2, 0.25) is 17.7 Å². The van der Waals surface area contributed by atoms with E-state index < -0.39 is 35.6 Å². The third-order valence-electron chi connectivity index (χ3n) is 11.8. The van der Waals surface area contributed by atoms with Crippen LogP contribution in [0.1, 0.15) is 69.7 Å². The number of halogens is 11. The number of hydrogen-bond acceptors (Lipinski definition) is 8. The molecule has 0 saturated carbocycles. The highest BCUT2D eigenvalue weighted by atomic mass is 79.9. The maximum atomic E-state index is 13.7. The number of nitrogens with zero attached hydrogens (tertiary/aromatic N) is 4. The third-order valence-corrected chi connectivity index (χ3v) is 13.6. The zero-order valence-corrected chi connectivity index (χ0v) is 42.3. The predicted octanol–water partition coefficient (Wildman–Crippen LogP) is 10.2. The Balaban J connectivity index is 0.000000265. The summed E-state index contributed by atoms with van der Waals surface area (Å²) < 4.78 is 78.2. The highest BCUT2D eigenvalue weighted by Crippen LogP contribution is 2.35. The summed E-state index contributed by atoms with van der Waals surface area (Å²) in [5.41, 5.74) is 6.41. The topological polar surface area (TPSA) is 136 Å². The highest BCUT2D eigenvalue weighted by molar-refractivity contribution is 9.09. The molecular formula is C48H49BrCl4F6N6O5. The van der Waals surface area contributed by atoms with Gasteiger partial charge in [0.15, 0.2) is 12.6 Å². The Bertz CT molecular complexity index is 2540. The second kappa shape index (κ2) is 24.7. The lowest BCUT2D eigenvalue weighted by atomic mass is 10.0. The van der Waals surface area contributed by atoms with Gasteiger partial charge in [-0.3, -0.25) is 24.0 Å². The lowest BCUT2D eigenvalue weighted by Crippen LogP contribution is -2.59. The Morgan fingerprint density at radius 1 is 0.686 bits per heavy atom. The molecule has 22 heteroatoms. The van der Waals surface area contributed by atoms with Crippen LogP contribution in [0.4, 0.5) is 37.7 Å². The van der Waals surface area contributed by atoms with E-state index in [0.29, 0.717) is 99.6 Å². The van der Waals surface area contributed by atoms with Gasteiger partial charge in [0.1, 0.15) is 6.04 Å². The Kier molecular flexibility index (Phi) is 19.9. The number of carbonyl (C=O) groups excluding carboxylic acids is 5. The molecule has 0 aromatic heterocycles. The van der Waals surface area contributed by atoms with Gasteiger partial charge >= 0.3 is 12.4 Å². The molecule has 2 saturated heterocycles. The van der Waals surface area contributed by atoms with Gasteiger partial charge in [0, 0.05) is 112 Å². The Morgan fingerprint density at radius 2 is 1.13 bits per heavy atom. The van der Waals surface area contributed by atoms with Crippen LogP contribution in [0, 0.1) is 0 Å². The van der Waals surface area contributed by atoms with E-state index in [0.717, 1.165) is 24.3 Å². The summed E-state index contributed by atoms with van der Waals surface area (Å²) in [6.45, 7) is 5.52. The van der Waals surface area contributed by atoms with Gasteiger partial charge in [0.25, 0.3) is 0 Å². The van der Waals surface area contributed by atoms with Gasteiger partial charge in [-0.2, -0.15) is 26.3 Å². The number of nitrogens with one attached hydrogen (secondary N) is 1. The molecule has 6 rings (SSSR count). The third kappa shape index (κ3) is 14.7. The molecule has 2 fully saturated rings. The van der Waals surface area contributed by atoms with E-state index in [1.54, 1.807) is 56.0 Å². The predicted molar refractivity (Wildman–Crippen MR) is 264 cm³/mol. The molecule has 2 aliphatic heterocycles. The molecule has 70 heavy (non-hydrogen) atoms. The van der Waals surface area contributed by atoms with E-state index >= 15 is 0 Å². The fraction of sp³-hybridized carbons (Fsp3) is 0.396. The van der Waals surface area contributed by atoms with Gasteiger partial charge in [-0.1, -0.05) is 74.5 Å². The van der Waals surface area contributed by atoms with Crippen molar-refractivity contribution in [3.63, 3.8) is 0 Å². The van der Waals surface area contributed by atoms with Crippen LogP contribution in [0.2, 0.25) is 20.1 Å². The first kappa shape index (κ1) is 56.3. The molecule has 2 unspecified atom stereocenters. The lowest BCUT2D eigenvalue weighted by molar-refractivity contribution is -0.138. The quantitative estimate of drug-likeness (QED) is 0.0724. The molecule has 4 aromatic rings. The van der Waals surface area contributed by atoms with E-state index in [1.807, 2.05) is 13.8 Å². The Labute approximate surface area is 429 Å². The normalized spacial score (nSPS) is 17.3. The summed E-state index contributed by atoms with van der Waals surface area (Å²) in [4.78, 5) is 69.0. The van der Waals surface area contributed by atoms with Crippen molar-refractivity contribution in [3.8, 4) is 0 Å². The minimum Gasteiger partial charge on any atom is -0.367 e. The second-order valence-electron chi connectivity index (χ2n) is 16.8. The number of nitrogens with two attached hydrogens (primary N) is 1. The van der Waals surface area contributed by atoms with Crippen molar-refractivity contribution in [1.29, 1.82) is 0 Å². The van der Waals surface area contributed by atoms with Crippen molar-refractivity contribution in [2.75, 3.05) is 54.4 Å². The number of hydrogen-bond donors (Lipinski definition) is 2. The minimum atomic E-state index is -4.56. The number of alkyl halides is 7. The van der Waals surface area contributed by atoms with Crippen molar-refractivity contribution < 1.29 is 50.3 Å². The maximum absolute atomic E-state index is 13.7. The molecule has 3 N–H and O–H groups in total. The van der Waals surface area contributed by atoms with Crippen LogP contribution in [0.5, 0.6) is 0 Å². The zero-order chi connectivity index (χ0) is 51.7. The van der Waals surface area contributed by atoms with E-state index in [2.05, 4.69) is 21.2 Å². The van der Waals surface area contributed by atoms with Crippen molar-refractivity contribution in [1.82, 2.24) is 15.1 Å². The van der Waals surface area contributed by atoms with E-state index in [9.17, 15) is 50.3 Å². The first-order valence-electron chi connectivity index (χ1n) is 21.9. The molecule has 378 valence electrons. The summed E-state index contributed by atoms with van der Waals surface area (Å²) in [7, 11) is 0. The monoisotopic (exact) mass is 1120 g/mol. The number of amides is 3. The molecule has 0 aliphatic carbocycles. The maximum Gasteiger partial charge on any atom is 0.416 e. The van der Waals surface area contributed by atoms with Crippen LogP contribution in [0.15, 0.2) is 72.8 Å². The summed E-state index contributed by atoms with van der Waals surface area (Å²) in [5, 5.41) is 5.23. The van der Waals surface area contributed by atoms with Crippen LogP contribution >= 0.6 is 62.3 Å². The molecule has 11 nitrogen and oxygen atoms in total. The van der Waals surface area contributed by atoms with Crippen LogP contribution in [0.25, 0.3) is 0 Å². The summed E-state index contributed by atoms with van der Waals surface area (Å²) in [6, 6.07) is 13.8. The molecule has 2 heterocycles. The largest absolute Gasteiger partial charge is 0.416 e. The number of aldehydes is 2. The van der Waals surface area contributed by atoms with E-state index in [4.69, 9.17) is 52.1 Å². The Morgan fingerprint density at radius 3 is 1.53 bits per heavy atom. The van der Waals surface area contributed by atoms with Gasteiger partial charge in [-0.15, -0.1) is 0 Å². The number of anilines is 2. The number of piperazine rings is 2. The highest BCUT2D eigenvalue weighted by Gasteiger charge is 2.37. The first-order chi connectivity index (χ1) is 32.9. The van der Waals surface area contributed by atoms with E-state index in [1.165, 1.54) is 12.1 Å². The van der Waals surface area contributed by atoms with Gasteiger partial charge < -0.3 is 30.7 Å². The van der Waals surface area contributed by atoms with Crippen LogP contribution in [-0.2, 0) is 39.6 Å². The molecule has 3 amide bonds. The minimum absolute atomic E-state index is 0.0408. The average molecular weight is 1130 g/mol. The molecule has 0 spiro atoms. The number of rotatable bonds is 14. The average Bonchev–Trinajstić information content (AvgIpc) is 3.31. The molecule has 4 aromatic carbocycles. The molecule has 2 aliphatic rings.